The zero-order valence-electron chi connectivity index (χ0n) is 7.21. The first kappa shape index (κ1) is 10.9. The summed E-state index contributed by atoms with van der Waals surface area (Å²) in [5, 5.41) is -0.250. The van der Waals surface area contributed by atoms with Crippen LogP contribution in [0.25, 0.3) is 0 Å². The van der Waals surface area contributed by atoms with Gasteiger partial charge < -0.3 is 5.73 Å². The molecule has 0 spiro atoms. The van der Waals surface area contributed by atoms with E-state index < -0.39 is 9.84 Å². The molecule has 2 N–H and O–H groups in total. The molecule has 0 heterocycles. The minimum Gasteiger partial charge on any atom is -0.330 e. The fourth-order valence-electron chi connectivity index (χ4n) is 0.683. The molecule has 0 rings (SSSR count). The monoisotopic (exact) mass is 179 g/mol. The molecule has 0 saturated heterocycles. The first-order valence-electron chi connectivity index (χ1n) is 3.92. The average molecular weight is 179 g/mol. The third kappa shape index (κ3) is 4.37. The van der Waals surface area contributed by atoms with Crippen molar-refractivity contribution < 1.29 is 8.42 Å². The highest BCUT2D eigenvalue weighted by Gasteiger charge is 2.14. The second-order valence-electron chi connectivity index (χ2n) is 2.91. The zero-order chi connectivity index (χ0) is 8.91. The summed E-state index contributed by atoms with van der Waals surface area (Å²) in [6, 6.07) is 0. The zero-order valence-corrected chi connectivity index (χ0v) is 8.02. The van der Waals surface area contributed by atoms with Gasteiger partial charge in [-0.3, -0.25) is 0 Å². The van der Waals surface area contributed by atoms with Gasteiger partial charge in [-0.05, 0) is 33.2 Å². The predicted molar refractivity (Wildman–Crippen MR) is 47.2 cm³/mol. The van der Waals surface area contributed by atoms with E-state index in [-0.39, 0.29) is 11.0 Å². The van der Waals surface area contributed by atoms with Crippen LogP contribution in [0.2, 0.25) is 0 Å². The molecule has 0 aliphatic carbocycles. The third-order valence-electron chi connectivity index (χ3n) is 1.60. The predicted octanol–water partition coefficient (Wildman–Crippen LogP) is 0.549. The van der Waals surface area contributed by atoms with Gasteiger partial charge in [0, 0.05) is 0 Å². The van der Waals surface area contributed by atoms with E-state index >= 15 is 0 Å². The molecule has 0 aromatic rings. The largest absolute Gasteiger partial charge is 0.330 e. The minimum atomic E-state index is -2.83. The van der Waals surface area contributed by atoms with Crippen molar-refractivity contribution in [1.29, 1.82) is 0 Å². The summed E-state index contributed by atoms with van der Waals surface area (Å²) in [6.45, 7) is 3.99. The van der Waals surface area contributed by atoms with Gasteiger partial charge in [-0.25, -0.2) is 8.42 Å². The van der Waals surface area contributed by atoms with Crippen molar-refractivity contribution in [3.63, 3.8) is 0 Å². The lowest BCUT2D eigenvalue weighted by atomic mass is 10.3. The van der Waals surface area contributed by atoms with Crippen molar-refractivity contribution >= 4 is 9.84 Å². The fraction of sp³-hybridized carbons (Fsp3) is 1.00. The maximum Gasteiger partial charge on any atom is 0.152 e. The SMILES string of the molecule is CC(C)S(=O)(=O)CCCCN. The molecule has 4 heteroatoms. The second-order valence-corrected chi connectivity index (χ2v) is 5.59. The first-order valence-corrected chi connectivity index (χ1v) is 5.64. The Morgan fingerprint density at radius 2 is 1.82 bits per heavy atom. The molecule has 0 aliphatic rings. The number of hydrogen-bond acceptors (Lipinski definition) is 3. The van der Waals surface area contributed by atoms with Gasteiger partial charge >= 0.3 is 0 Å². The van der Waals surface area contributed by atoms with E-state index in [2.05, 4.69) is 0 Å². The standard InChI is InChI=1S/C7H17NO2S/c1-7(2)11(9,10)6-4-3-5-8/h7H,3-6,8H2,1-2H3. The Hall–Kier alpha value is -0.0900. The topological polar surface area (TPSA) is 60.2 Å². The number of sulfone groups is 1. The van der Waals surface area contributed by atoms with E-state index in [1.807, 2.05) is 0 Å². The normalized spacial score (nSPS) is 12.4. The molecule has 0 bridgehead atoms. The average Bonchev–Trinajstić information content (AvgIpc) is 1.88. The quantitative estimate of drug-likeness (QED) is 0.627. The molecular formula is C7H17NO2S. The third-order valence-corrected chi connectivity index (χ3v) is 3.90. The van der Waals surface area contributed by atoms with E-state index in [9.17, 15) is 8.42 Å². The van der Waals surface area contributed by atoms with E-state index in [0.717, 1.165) is 6.42 Å². The van der Waals surface area contributed by atoms with Gasteiger partial charge in [0.25, 0.3) is 0 Å². The summed E-state index contributed by atoms with van der Waals surface area (Å²) in [6.07, 6.45) is 1.49. The molecule has 68 valence electrons. The van der Waals surface area contributed by atoms with Crippen LogP contribution in [-0.2, 0) is 9.84 Å². The van der Waals surface area contributed by atoms with Crippen molar-refractivity contribution in [2.24, 2.45) is 5.73 Å². The van der Waals surface area contributed by atoms with E-state index in [0.29, 0.717) is 13.0 Å². The van der Waals surface area contributed by atoms with Gasteiger partial charge in [0.15, 0.2) is 9.84 Å². The Labute approximate surface area is 68.9 Å². The van der Waals surface area contributed by atoms with Gasteiger partial charge in [0.2, 0.25) is 0 Å². The number of rotatable bonds is 5. The van der Waals surface area contributed by atoms with Gasteiger partial charge in [-0.2, -0.15) is 0 Å². The molecule has 11 heavy (non-hydrogen) atoms. The molecule has 0 aromatic heterocycles. The van der Waals surface area contributed by atoms with Crippen molar-refractivity contribution in [3.05, 3.63) is 0 Å². The van der Waals surface area contributed by atoms with Crippen molar-refractivity contribution in [2.45, 2.75) is 31.9 Å². The minimum absolute atomic E-state index is 0.250. The Bertz CT molecular complexity index is 185. The molecule has 0 fully saturated rings. The maximum atomic E-state index is 11.2. The Balaban J connectivity index is 3.75. The highest BCUT2D eigenvalue weighted by Crippen LogP contribution is 2.03. The van der Waals surface area contributed by atoms with Gasteiger partial charge in [-0.1, -0.05) is 0 Å². The van der Waals surface area contributed by atoms with Crippen LogP contribution >= 0.6 is 0 Å². The van der Waals surface area contributed by atoms with Crippen LogP contribution in [0.3, 0.4) is 0 Å². The molecule has 0 aliphatic heterocycles. The van der Waals surface area contributed by atoms with Crippen LogP contribution in [0.4, 0.5) is 0 Å². The van der Waals surface area contributed by atoms with Crippen molar-refractivity contribution in [3.8, 4) is 0 Å². The Morgan fingerprint density at radius 3 is 2.18 bits per heavy atom. The molecule has 3 nitrogen and oxygen atoms in total. The summed E-state index contributed by atoms with van der Waals surface area (Å²) < 4.78 is 22.3. The lowest BCUT2D eigenvalue weighted by molar-refractivity contribution is 0.583. The van der Waals surface area contributed by atoms with E-state index in [1.54, 1.807) is 13.8 Å². The van der Waals surface area contributed by atoms with Crippen LogP contribution in [0.1, 0.15) is 26.7 Å². The molecular weight excluding hydrogens is 162 g/mol. The Kier molecular flexibility index (Phi) is 4.68. The van der Waals surface area contributed by atoms with Crippen molar-refractivity contribution in [2.75, 3.05) is 12.3 Å². The smallest absolute Gasteiger partial charge is 0.152 e. The number of unbranched alkanes of at least 4 members (excludes halogenated alkanes) is 1. The van der Waals surface area contributed by atoms with Crippen molar-refractivity contribution in [1.82, 2.24) is 0 Å². The van der Waals surface area contributed by atoms with Crippen LogP contribution in [0.5, 0.6) is 0 Å². The van der Waals surface area contributed by atoms with Crippen LogP contribution in [-0.4, -0.2) is 26.0 Å². The van der Waals surface area contributed by atoms with Crippen LogP contribution < -0.4 is 5.73 Å². The molecule has 0 unspecified atom stereocenters. The number of hydrogen-bond donors (Lipinski definition) is 1. The molecule has 0 radical (unpaired) electrons. The lowest BCUT2D eigenvalue weighted by Crippen LogP contribution is -2.18. The van der Waals surface area contributed by atoms with E-state index in [1.165, 1.54) is 0 Å². The highest BCUT2D eigenvalue weighted by atomic mass is 32.2. The molecule has 0 saturated carbocycles. The fourth-order valence-corrected chi connectivity index (χ4v) is 1.76. The highest BCUT2D eigenvalue weighted by molar-refractivity contribution is 7.91. The lowest BCUT2D eigenvalue weighted by Gasteiger charge is -2.05. The summed E-state index contributed by atoms with van der Waals surface area (Å²) in [5.74, 6) is 0.280. The molecule has 0 aromatic carbocycles. The Morgan fingerprint density at radius 1 is 1.27 bits per heavy atom. The summed E-state index contributed by atoms with van der Waals surface area (Å²) in [5.41, 5.74) is 5.24. The van der Waals surface area contributed by atoms with Gasteiger partial charge in [0.05, 0.1) is 11.0 Å². The molecule has 0 atom stereocenters. The molecule has 0 amide bonds. The first-order chi connectivity index (χ1) is 5.00. The van der Waals surface area contributed by atoms with E-state index in [4.69, 9.17) is 5.73 Å². The number of nitrogens with two attached hydrogens (primary N) is 1. The van der Waals surface area contributed by atoms with Gasteiger partial charge in [-0.15, -0.1) is 0 Å². The maximum absolute atomic E-state index is 11.2. The summed E-state index contributed by atoms with van der Waals surface area (Å²) in [4.78, 5) is 0. The van der Waals surface area contributed by atoms with Crippen LogP contribution in [0.15, 0.2) is 0 Å². The van der Waals surface area contributed by atoms with Crippen LogP contribution in [0, 0.1) is 0 Å². The second kappa shape index (κ2) is 4.72. The summed E-state index contributed by atoms with van der Waals surface area (Å²) >= 11 is 0. The van der Waals surface area contributed by atoms with Gasteiger partial charge in [0.1, 0.15) is 0 Å². The summed E-state index contributed by atoms with van der Waals surface area (Å²) in [7, 11) is -2.83.